The summed E-state index contributed by atoms with van der Waals surface area (Å²) in [5.41, 5.74) is 10.2. The van der Waals surface area contributed by atoms with Crippen LogP contribution in [0.15, 0.2) is 109 Å². The Morgan fingerprint density at radius 2 is 1.52 bits per heavy atom. The zero-order valence-electron chi connectivity index (χ0n) is 18.5. The van der Waals surface area contributed by atoms with E-state index in [1.54, 1.807) is 0 Å². The van der Waals surface area contributed by atoms with Crippen LogP contribution < -0.4 is 4.90 Å². The van der Waals surface area contributed by atoms with Crippen molar-refractivity contribution in [2.45, 2.75) is 18.9 Å². The van der Waals surface area contributed by atoms with E-state index in [0.29, 0.717) is 12.0 Å². The minimum atomic E-state index is 0.299. The second kappa shape index (κ2) is 6.98. The first-order valence-electron chi connectivity index (χ1n) is 11.6. The monoisotopic (exact) mass is 424 g/mol. The molecular weight excluding hydrogens is 400 g/mol. The van der Waals surface area contributed by atoms with E-state index < -0.39 is 0 Å². The van der Waals surface area contributed by atoms with Crippen LogP contribution >= 0.6 is 0 Å². The highest BCUT2D eigenvalue weighted by molar-refractivity contribution is 6.08. The van der Waals surface area contributed by atoms with Crippen LogP contribution in [0.3, 0.4) is 0 Å². The summed E-state index contributed by atoms with van der Waals surface area (Å²) >= 11 is 0. The normalized spacial score (nSPS) is 19.1. The molecule has 0 spiro atoms. The first kappa shape index (κ1) is 18.5. The molecule has 2 nitrogen and oxygen atoms in total. The third-order valence-electron chi connectivity index (χ3n) is 7.18. The molecule has 2 unspecified atom stereocenters. The average molecular weight is 425 g/mol. The number of benzene rings is 4. The van der Waals surface area contributed by atoms with Crippen LogP contribution in [0.4, 0.5) is 11.4 Å². The van der Waals surface area contributed by atoms with Crippen molar-refractivity contribution in [3.8, 4) is 0 Å². The second-order valence-electron chi connectivity index (χ2n) is 9.20. The van der Waals surface area contributed by atoms with Crippen molar-refractivity contribution in [3.63, 3.8) is 0 Å². The Morgan fingerprint density at radius 3 is 2.39 bits per heavy atom. The van der Waals surface area contributed by atoms with Crippen LogP contribution in [0.25, 0.3) is 27.4 Å². The summed E-state index contributed by atoms with van der Waals surface area (Å²) in [6.07, 6.45) is 7.16. The largest absolute Gasteiger partial charge is 0.355 e. The molecule has 158 valence electrons. The molecule has 5 aromatic rings. The Balaban J connectivity index is 1.35. The lowest BCUT2D eigenvalue weighted by molar-refractivity contribution is 0.747. The molecule has 0 saturated heterocycles. The number of rotatable bonds is 2. The van der Waals surface area contributed by atoms with Crippen LogP contribution in [0.5, 0.6) is 0 Å². The number of nitrogens with one attached hydrogen (secondary N) is 1. The van der Waals surface area contributed by atoms with Gasteiger partial charge in [0, 0.05) is 39.1 Å². The highest BCUT2D eigenvalue weighted by atomic mass is 15.2. The van der Waals surface area contributed by atoms with Gasteiger partial charge in [-0.05, 0) is 66.1 Å². The maximum Gasteiger partial charge on any atom is 0.0630 e. The summed E-state index contributed by atoms with van der Waals surface area (Å²) in [5.74, 6) is 0.335. The molecule has 0 fully saturated rings. The van der Waals surface area contributed by atoms with Gasteiger partial charge < -0.3 is 9.88 Å². The summed E-state index contributed by atoms with van der Waals surface area (Å²) in [5, 5.41) is 2.59. The van der Waals surface area contributed by atoms with E-state index in [9.17, 15) is 0 Å². The van der Waals surface area contributed by atoms with Crippen molar-refractivity contribution in [2.75, 3.05) is 4.90 Å². The number of para-hydroxylation sites is 2. The molecule has 0 radical (unpaired) electrons. The summed E-state index contributed by atoms with van der Waals surface area (Å²) in [7, 11) is 0. The minimum absolute atomic E-state index is 0.299. The predicted octanol–water partition coefficient (Wildman–Crippen LogP) is 7.89. The summed E-state index contributed by atoms with van der Waals surface area (Å²) < 4.78 is 0. The molecule has 1 aliphatic heterocycles. The van der Waals surface area contributed by atoms with Crippen molar-refractivity contribution in [1.82, 2.24) is 4.98 Å². The fourth-order valence-corrected chi connectivity index (χ4v) is 5.62. The third kappa shape index (κ3) is 2.81. The number of hydrogen-bond donors (Lipinski definition) is 1. The predicted molar refractivity (Wildman–Crippen MR) is 139 cm³/mol. The van der Waals surface area contributed by atoms with Crippen molar-refractivity contribution >= 4 is 38.8 Å². The fourth-order valence-electron chi connectivity index (χ4n) is 5.62. The molecule has 2 heteroatoms. The zero-order chi connectivity index (χ0) is 21.9. The number of aromatic amines is 1. The number of nitrogens with zero attached hydrogens (tertiary/aromatic N) is 1. The second-order valence-corrected chi connectivity index (χ2v) is 9.20. The molecule has 0 saturated carbocycles. The maximum atomic E-state index is 3.57. The van der Waals surface area contributed by atoms with Crippen molar-refractivity contribution in [1.29, 1.82) is 0 Å². The Morgan fingerprint density at radius 1 is 0.758 bits per heavy atom. The number of aromatic nitrogens is 1. The van der Waals surface area contributed by atoms with Crippen LogP contribution in [-0.2, 0) is 0 Å². The highest BCUT2D eigenvalue weighted by Gasteiger charge is 2.38. The Kier molecular flexibility index (Phi) is 3.92. The van der Waals surface area contributed by atoms with Gasteiger partial charge in [-0.2, -0.15) is 0 Å². The van der Waals surface area contributed by atoms with Crippen molar-refractivity contribution < 1.29 is 0 Å². The smallest absolute Gasteiger partial charge is 0.0630 e. The van der Waals surface area contributed by atoms with Crippen molar-refractivity contribution in [2.24, 2.45) is 0 Å². The summed E-state index contributed by atoms with van der Waals surface area (Å²) in [6, 6.07) is 33.3. The zero-order valence-corrected chi connectivity index (χ0v) is 18.5. The minimum Gasteiger partial charge on any atom is -0.355 e. The van der Waals surface area contributed by atoms with E-state index in [-0.39, 0.29) is 0 Å². The molecule has 33 heavy (non-hydrogen) atoms. The van der Waals surface area contributed by atoms with Gasteiger partial charge in [0.2, 0.25) is 0 Å². The molecule has 0 bridgehead atoms. The number of hydrogen-bond acceptors (Lipinski definition) is 1. The first-order chi connectivity index (χ1) is 16.3. The van der Waals surface area contributed by atoms with Gasteiger partial charge in [-0.3, -0.25) is 0 Å². The van der Waals surface area contributed by atoms with Crippen LogP contribution in [-0.4, -0.2) is 11.0 Å². The standard InChI is InChI=1S/C31H24N2/c1-20-11-14-28-25(17-20)26-18-21(12-15-29(26)32-28)22-13-16-31-27(19-22)24-9-5-6-10-30(24)33(31)23-7-3-2-4-8-23/h2-19,27,31-32H,1H3. The Hall–Kier alpha value is -4.04. The molecule has 1 aliphatic carbocycles. The molecule has 7 rings (SSSR count). The van der Waals surface area contributed by atoms with Gasteiger partial charge in [0.1, 0.15) is 0 Å². The van der Waals surface area contributed by atoms with E-state index in [1.807, 2.05) is 0 Å². The molecule has 4 aromatic carbocycles. The molecule has 2 heterocycles. The summed E-state index contributed by atoms with van der Waals surface area (Å²) in [6.45, 7) is 2.16. The van der Waals surface area contributed by atoms with Crippen LogP contribution in [0.1, 0.15) is 22.6 Å². The van der Waals surface area contributed by atoms with Gasteiger partial charge >= 0.3 is 0 Å². The highest BCUT2D eigenvalue weighted by Crippen LogP contribution is 2.49. The fraction of sp³-hybridized carbons (Fsp3) is 0.0968. The third-order valence-corrected chi connectivity index (χ3v) is 7.18. The van der Waals surface area contributed by atoms with Gasteiger partial charge in [-0.15, -0.1) is 0 Å². The lowest BCUT2D eigenvalue weighted by Gasteiger charge is -2.29. The lowest BCUT2D eigenvalue weighted by atomic mass is 9.86. The van der Waals surface area contributed by atoms with E-state index >= 15 is 0 Å². The van der Waals surface area contributed by atoms with Crippen molar-refractivity contribution in [3.05, 3.63) is 126 Å². The first-order valence-corrected chi connectivity index (χ1v) is 11.6. The van der Waals surface area contributed by atoms with E-state index in [0.717, 1.165) is 0 Å². The number of fused-ring (bicyclic) bond motifs is 6. The Labute approximate surface area is 193 Å². The van der Waals surface area contributed by atoms with Gasteiger partial charge in [0.15, 0.2) is 0 Å². The SMILES string of the molecule is Cc1ccc2[nH]c3ccc(C4=CC5c6ccccc6N(c6ccccc6)C5C=C4)cc3c2c1. The Bertz CT molecular complexity index is 1590. The molecule has 2 atom stereocenters. The van der Waals surface area contributed by atoms with E-state index in [1.165, 1.54) is 55.4 Å². The lowest BCUT2D eigenvalue weighted by Crippen LogP contribution is -2.28. The molecule has 1 N–H and O–H groups in total. The molecular formula is C31H24N2. The quantitative estimate of drug-likeness (QED) is 0.305. The number of H-pyrrole nitrogens is 1. The average Bonchev–Trinajstić information content (AvgIpc) is 3.39. The maximum absolute atomic E-state index is 3.57. The molecule has 0 amide bonds. The number of anilines is 2. The summed E-state index contributed by atoms with van der Waals surface area (Å²) in [4.78, 5) is 6.05. The van der Waals surface area contributed by atoms with Gasteiger partial charge in [-0.1, -0.05) is 72.3 Å². The van der Waals surface area contributed by atoms with Gasteiger partial charge in [0.05, 0.1) is 6.04 Å². The molecule has 2 aliphatic rings. The number of allylic oxidation sites excluding steroid dienone is 2. The van der Waals surface area contributed by atoms with Crippen LogP contribution in [0, 0.1) is 6.92 Å². The van der Waals surface area contributed by atoms with E-state index in [4.69, 9.17) is 0 Å². The van der Waals surface area contributed by atoms with Gasteiger partial charge in [-0.25, -0.2) is 0 Å². The number of aryl methyl sites for hydroxylation is 1. The van der Waals surface area contributed by atoms with Crippen LogP contribution in [0.2, 0.25) is 0 Å². The van der Waals surface area contributed by atoms with Gasteiger partial charge in [0.25, 0.3) is 0 Å². The topological polar surface area (TPSA) is 19.0 Å². The molecule has 1 aromatic heterocycles. The van der Waals surface area contributed by atoms with E-state index in [2.05, 4.69) is 126 Å².